The van der Waals surface area contributed by atoms with Crippen molar-refractivity contribution in [1.29, 1.82) is 0 Å². The average molecular weight is 336 g/mol. The summed E-state index contributed by atoms with van der Waals surface area (Å²) < 4.78 is 12.8. The Morgan fingerprint density at radius 2 is 2.40 bits per heavy atom. The lowest BCUT2D eigenvalue weighted by Crippen LogP contribution is -2.04. The molecule has 0 radical (unpaired) electrons. The van der Waals surface area contributed by atoms with Gasteiger partial charge in [0.25, 0.3) is 0 Å². The number of nitrogens with zero attached hydrogens (tertiary/aromatic N) is 3. The van der Waals surface area contributed by atoms with Gasteiger partial charge in [0.1, 0.15) is 6.26 Å². The molecule has 0 saturated carbocycles. The SMILES string of the molecule is CCOC(=O)c1coc(-c2ccn3ncc(Br)c3c2)n1. The van der Waals surface area contributed by atoms with Gasteiger partial charge in [-0.2, -0.15) is 5.10 Å². The van der Waals surface area contributed by atoms with Crippen LogP contribution in [0.5, 0.6) is 0 Å². The van der Waals surface area contributed by atoms with Gasteiger partial charge in [0, 0.05) is 11.8 Å². The van der Waals surface area contributed by atoms with E-state index in [1.54, 1.807) is 23.8 Å². The molecule has 0 aliphatic rings. The third kappa shape index (κ3) is 2.20. The highest BCUT2D eigenvalue weighted by Crippen LogP contribution is 2.24. The Balaban J connectivity index is 1.98. The van der Waals surface area contributed by atoms with Gasteiger partial charge in [0.15, 0.2) is 5.69 Å². The molecule has 0 N–H and O–H groups in total. The van der Waals surface area contributed by atoms with Crippen LogP contribution in [0.1, 0.15) is 17.4 Å². The van der Waals surface area contributed by atoms with E-state index in [4.69, 9.17) is 9.15 Å². The van der Waals surface area contributed by atoms with Gasteiger partial charge >= 0.3 is 5.97 Å². The lowest BCUT2D eigenvalue weighted by atomic mass is 10.2. The highest BCUT2D eigenvalue weighted by Gasteiger charge is 2.15. The number of rotatable bonds is 3. The van der Waals surface area contributed by atoms with Crippen molar-refractivity contribution in [1.82, 2.24) is 14.6 Å². The number of carbonyl (C=O) groups is 1. The molecule has 0 amide bonds. The van der Waals surface area contributed by atoms with Crippen molar-refractivity contribution in [3.63, 3.8) is 0 Å². The van der Waals surface area contributed by atoms with Gasteiger partial charge in [0.2, 0.25) is 5.89 Å². The molecule has 3 aromatic heterocycles. The fourth-order valence-corrected chi connectivity index (χ4v) is 2.18. The first-order valence-corrected chi connectivity index (χ1v) is 6.74. The number of fused-ring (bicyclic) bond motifs is 1. The van der Waals surface area contributed by atoms with E-state index in [-0.39, 0.29) is 5.69 Å². The lowest BCUT2D eigenvalue weighted by molar-refractivity contribution is 0.0519. The summed E-state index contributed by atoms with van der Waals surface area (Å²) >= 11 is 3.41. The lowest BCUT2D eigenvalue weighted by Gasteiger charge is -1.98. The quantitative estimate of drug-likeness (QED) is 0.688. The molecule has 0 saturated heterocycles. The predicted molar refractivity (Wildman–Crippen MR) is 74.3 cm³/mol. The van der Waals surface area contributed by atoms with Gasteiger partial charge in [0.05, 0.1) is 22.8 Å². The first-order chi connectivity index (χ1) is 9.69. The fraction of sp³-hybridized carbons (Fsp3) is 0.154. The van der Waals surface area contributed by atoms with Crippen molar-refractivity contribution < 1.29 is 13.9 Å². The van der Waals surface area contributed by atoms with Crippen LogP contribution in [0.3, 0.4) is 0 Å². The number of hydrogen-bond donors (Lipinski definition) is 0. The third-order valence-electron chi connectivity index (χ3n) is 2.71. The monoisotopic (exact) mass is 335 g/mol. The number of oxazole rings is 1. The smallest absolute Gasteiger partial charge is 0.360 e. The molecule has 3 heterocycles. The summed E-state index contributed by atoms with van der Waals surface area (Å²) in [7, 11) is 0. The highest BCUT2D eigenvalue weighted by molar-refractivity contribution is 9.10. The molecule has 3 rings (SSSR count). The second-order valence-corrected chi connectivity index (χ2v) is 4.85. The molecule has 20 heavy (non-hydrogen) atoms. The molecule has 102 valence electrons. The van der Waals surface area contributed by atoms with Crippen LogP contribution < -0.4 is 0 Å². The summed E-state index contributed by atoms with van der Waals surface area (Å²) in [6, 6.07) is 3.69. The normalized spacial score (nSPS) is 10.9. The van der Waals surface area contributed by atoms with Gasteiger partial charge in [-0.05, 0) is 35.0 Å². The van der Waals surface area contributed by atoms with E-state index in [2.05, 4.69) is 26.0 Å². The van der Waals surface area contributed by atoms with Gasteiger partial charge in [-0.25, -0.2) is 14.3 Å². The van der Waals surface area contributed by atoms with Gasteiger partial charge < -0.3 is 9.15 Å². The van der Waals surface area contributed by atoms with Crippen molar-refractivity contribution in [3.8, 4) is 11.5 Å². The maximum Gasteiger partial charge on any atom is 0.360 e. The topological polar surface area (TPSA) is 69.6 Å². The molecule has 6 nitrogen and oxygen atoms in total. The Morgan fingerprint density at radius 3 is 3.20 bits per heavy atom. The molecule has 0 aromatic carbocycles. The van der Waals surface area contributed by atoms with Gasteiger partial charge in [-0.15, -0.1) is 0 Å². The van der Waals surface area contributed by atoms with Crippen molar-refractivity contribution in [2.45, 2.75) is 6.92 Å². The summed E-state index contributed by atoms with van der Waals surface area (Å²) in [6.45, 7) is 2.04. The second-order valence-electron chi connectivity index (χ2n) is 4.00. The van der Waals surface area contributed by atoms with Crippen LogP contribution in [-0.2, 0) is 4.74 Å². The molecule has 7 heteroatoms. The average Bonchev–Trinajstić information content (AvgIpc) is 3.06. The zero-order valence-corrected chi connectivity index (χ0v) is 12.1. The molecule has 3 aromatic rings. The van der Waals surface area contributed by atoms with E-state index in [1.165, 1.54) is 6.26 Å². The Morgan fingerprint density at radius 1 is 1.55 bits per heavy atom. The predicted octanol–water partition coefficient (Wildman–Crippen LogP) is 2.93. The van der Waals surface area contributed by atoms with Crippen molar-refractivity contribution in [2.24, 2.45) is 0 Å². The van der Waals surface area contributed by atoms with Crippen molar-refractivity contribution in [3.05, 3.63) is 41.0 Å². The van der Waals surface area contributed by atoms with Crippen LogP contribution in [0.25, 0.3) is 17.0 Å². The van der Waals surface area contributed by atoms with E-state index in [0.29, 0.717) is 12.5 Å². The van der Waals surface area contributed by atoms with E-state index < -0.39 is 5.97 Å². The number of carbonyl (C=O) groups excluding carboxylic acids is 1. The van der Waals surface area contributed by atoms with Crippen LogP contribution in [0.4, 0.5) is 0 Å². The van der Waals surface area contributed by atoms with E-state index in [9.17, 15) is 4.79 Å². The Bertz CT molecular complexity index is 778. The number of hydrogen-bond acceptors (Lipinski definition) is 5. The minimum Gasteiger partial charge on any atom is -0.461 e. The van der Waals surface area contributed by atoms with Crippen molar-refractivity contribution >= 4 is 27.4 Å². The molecular weight excluding hydrogens is 326 g/mol. The van der Waals surface area contributed by atoms with Gasteiger partial charge in [-0.1, -0.05) is 0 Å². The Kier molecular flexibility index (Phi) is 3.27. The highest BCUT2D eigenvalue weighted by atomic mass is 79.9. The number of halogens is 1. The summed E-state index contributed by atoms with van der Waals surface area (Å²) in [4.78, 5) is 15.7. The van der Waals surface area contributed by atoms with Crippen molar-refractivity contribution in [2.75, 3.05) is 6.61 Å². The minimum absolute atomic E-state index is 0.161. The first kappa shape index (κ1) is 12.9. The van der Waals surface area contributed by atoms with Crippen LogP contribution in [0, 0.1) is 0 Å². The van der Waals surface area contributed by atoms with Gasteiger partial charge in [-0.3, -0.25) is 0 Å². The molecule has 0 aliphatic carbocycles. The zero-order valence-electron chi connectivity index (χ0n) is 10.5. The summed E-state index contributed by atoms with van der Waals surface area (Å²) in [6.07, 6.45) is 4.80. The summed E-state index contributed by atoms with van der Waals surface area (Å²) in [5.41, 5.74) is 1.81. The van der Waals surface area contributed by atoms with E-state index >= 15 is 0 Å². The number of aromatic nitrogens is 3. The van der Waals surface area contributed by atoms with Crippen LogP contribution >= 0.6 is 15.9 Å². The molecule has 0 unspecified atom stereocenters. The Hall–Kier alpha value is -2.15. The minimum atomic E-state index is -0.492. The summed E-state index contributed by atoms with van der Waals surface area (Å²) in [5, 5.41) is 4.16. The van der Waals surface area contributed by atoms with Crippen LogP contribution in [-0.4, -0.2) is 27.2 Å². The first-order valence-electron chi connectivity index (χ1n) is 5.95. The standard InChI is InChI=1S/C13H10BrN3O3/c1-2-19-13(18)10-7-20-12(16-10)8-3-4-17-11(5-8)9(14)6-15-17/h3-7H,2H2,1H3. The molecule has 0 aliphatic heterocycles. The van der Waals surface area contributed by atoms with E-state index in [1.807, 2.05) is 12.1 Å². The maximum absolute atomic E-state index is 11.5. The Labute approximate surface area is 122 Å². The third-order valence-corrected chi connectivity index (χ3v) is 3.32. The van der Waals surface area contributed by atoms with E-state index in [0.717, 1.165) is 15.6 Å². The van der Waals surface area contributed by atoms with Crippen LogP contribution in [0.15, 0.2) is 39.7 Å². The zero-order chi connectivity index (χ0) is 14.1. The maximum atomic E-state index is 11.5. The number of pyridine rings is 1. The summed E-state index contributed by atoms with van der Waals surface area (Å²) in [5.74, 6) is -0.127. The second kappa shape index (κ2) is 5.09. The fourth-order valence-electron chi connectivity index (χ4n) is 1.79. The van der Waals surface area contributed by atoms with Crippen LogP contribution in [0.2, 0.25) is 0 Å². The number of esters is 1. The molecule has 0 spiro atoms. The molecular formula is C13H10BrN3O3. The number of ether oxygens (including phenoxy) is 1. The molecule has 0 fully saturated rings. The molecule has 0 bridgehead atoms. The largest absolute Gasteiger partial charge is 0.461 e. The molecule has 0 atom stereocenters.